The van der Waals surface area contributed by atoms with Gasteiger partial charge < -0.3 is 4.74 Å². The zero-order chi connectivity index (χ0) is 20.1. The number of carbonyl (C=O) groups excluding carboxylic acids is 1. The third-order valence-corrected chi connectivity index (χ3v) is 7.28. The lowest BCUT2D eigenvalue weighted by atomic mass is 10.0. The van der Waals surface area contributed by atoms with Crippen molar-refractivity contribution in [1.29, 1.82) is 0 Å². The van der Waals surface area contributed by atoms with Gasteiger partial charge in [0.15, 0.2) is 0 Å². The maximum Gasteiger partial charge on any atom is 0.338 e. The fourth-order valence-electron chi connectivity index (χ4n) is 2.31. The molecule has 0 amide bonds. The predicted octanol–water partition coefficient (Wildman–Crippen LogP) is 5.07. The smallest absolute Gasteiger partial charge is 0.338 e. The summed E-state index contributed by atoms with van der Waals surface area (Å²) >= 11 is 0. The minimum absolute atomic E-state index is 0.0111. The molecule has 6 heteroatoms. The molecule has 0 fully saturated rings. The summed E-state index contributed by atoms with van der Waals surface area (Å²) in [7, 11) is -2.35. The van der Waals surface area contributed by atoms with Crippen LogP contribution < -0.4 is 4.72 Å². The summed E-state index contributed by atoms with van der Waals surface area (Å²) in [6.45, 7) is 16.6. The van der Waals surface area contributed by atoms with Crippen LogP contribution in [0.15, 0.2) is 24.3 Å². The Labute approximate surface area is 162 Å². The fraction of sp³-hybridized carbons (Fsp3) is 0.650. The molecule has 0 aliphatic carbocycles. The Kier molecular flexibility index (Phi) is 8.23. The number of hydrogen-bond acceptors (Lipinski definition) is 3. The van der Waals surface area contributed by atoms with Crippen molar-refractivity contribution in [3.8, 4) is 0 Å². The van der Waals surface area contributed by atoms with Crippen LogP contribution >= 0.6 is 0 Å². The minimum Gasteiger partial charge on any atom is -0.459 e. The zero-order valence-corrected chi connectivity index (χ0v) is 19.3. The molecule has 0 saturated carbocycles. The van der Waals surface area contributed by atoms with Crippen molar-refractivity contribution >= 4 is 25.0 Å². The van der Waals surface area contributed by atoms with E-state index in [0.29, 0.717) is 5.56 Å². The molecule has 1 N–H and O–H groups in total. The molecule has 2 atom stereocenters. The van der Waals surface area contributed by atoms with E-state index in [1.807, 2.05) is 46.8 Å². The first kappa shape index (κ1) is 23.1. The molecule has 0 aliphatic heterocycles. The number of ether oxygens (including phenoxy) is 1. The van der Waals surface area contributed by atoms with E-state index in [4.69, 9.17) is 4.74 Å². The van der Waals surface area contributed by atoms with Crippen LogP contribution in [0.2, 0.25) is 25.7 Å². The number of carbonyl (C=O) groups is 1. The maximum atomic E-state index is 12.6. The predicted molar refractivity (Wildman–Crippen MR) is 114 cm³/mol. The molecule has 1 aromatic carbocycles. The standard InChI is InChI=1S/C20H35NO3SSi/c1-15(2)24-19(22)17-11-9-16(10-12-17)18(13-14-26(6,7)8)21-25(23)20(3,4)5/h9-12,15,18,21H,13-14H2,1-8H3/t18-,25-/m1/s1. The highest BCUT2D eigenvalue weighted by molar-refractivity contribution is 7.84. The normalized spacial score (nSPS) is 15.0. The quantitative estimate of drug-likeness (QED) is 0.492. The van der Waals surface area contributed by atoms with Crippen LogP contribution in [0.1, 0.15) is 63.0 Å². The van der Waals surface area contributed by atoms with Gasteiger partial charge in [-0.25, -0.2) is 13.7 Å². The van der Waals surface area contributed by atoms with Crippen molar-refractivity contribution in [2.75, 3.05) is 0 Å². The summed E-state index contributed by atoms with van der Waals surface area (Å²) in [5, 5.41) is 0. The molecule has 0 saturated heterocycles. The van der Waals surface area contributed by atoms with Crippen LogP contribution in [0, 0.1) is 0 Å². The third kappa shape index (κ3) is 8.14. The largest absolute Gasteiger partial charge is 0.459 e. The van der Waals surface area contributed by atoms with Gasteiger partial charge >= 0.3 is 5.97 Å². The molecule has 0 heterocycles. The Bertz CT molecular complexity index is 615. The monoisotopic (exact) mass is 397 g/mol. The van der Waals surface area contributed by atoms with E-state index >= 15 is 0 Å². The number of hydrogen-bond donors (Lipinski definition) is 1. The number of benzene rings is 1. The molecule has 0 spiro atoms. The molecule has 0 bridgehead atoms. The first-order valence-electron chi connectivity index (χ1n) is 9.28. The van der Waals surface area contributed by atoms with Gasteiger partial charge in [0, 0.05) is 14.1 Å². The van der Waals surface area contributed by atoms with Crippen molar-refractivity contribution in [2.24, 2.45) is 0 Å². The van der Waals surface area contributed by atoms with Crippen LogP contribution in [0.4, 0.5) is 0 Å². The topological polar surface area (TPSA) is 55.4 Å². The van der Waals surface area contributed by atoms with Crippen molar-refractivity contribution in [1.82, 2.24) is 4.72 Å². The number of esters is 1. The molecule has 148 valence electrons. The van der Waals surface area contributed by atoms with Gasteiger partial charge in [-0.1, -0.05) is 37.8 Å². The Morgan fingerprint density at radius 2 is 1.69 bits per heavy atom. The lowest BCUT2D eigenvalue weighted by Crippen LogP contribution is -2.36. The first-order chi connectivity index (χ1) is 11.8. The fourth-order valence-corrected chi connectivity index (χ4v) is 4.33. The first-order valence-corrected chi connectivity index (χ1v) is 14.1. The van der Waals surface area contributed by atoms with Gasteiger partial charge in [-0.3, -0.25) is 0 Å². The molecular weight excluding hydrogens is 362 g/mol. The second-order valence-electron chi connectivity index (χ2n) is 9.23. The SMILES string of the molecule is CC(C)OC(=O)c1ccc([C@@H](CC[Si](C)(C)C)N[S@](=O)C(C)(C)C)cc1. The van der Waals surface area contributed by atoms with E-state index < -0.39 is 19.1 Å². The number of nitrogens with one attached hydrogen (secondary N) is 1. The molecule has 0 unspecified atom stereocenters. The van der Waals surface area contributed by atoms with Crippen molar-refractivity contribution < 1.29 is 13.7 Å². The lowest BCUT2D eigenvalue weighted by Gasteiger charge is -2.27. The average molecular weight is 398 g/mol. The highest BCUT2D eigenvalue weighted by atomic mass is 32.2. The lowest BCUT2D eigenvalue weighted by molar-refractivity contribution is 0.0378. The molecule has 1 rings (SSSR count). The van der Waals surface area contributed by atoms with Crippen LogP contribution in [0.25, 0.3) is 0 Å². The molecule has 0 aliphatic rings. The Morgan fingerprint density at radius 1 is 1.15 bits per heavy atom. The van der Waals surface area contributed by atoms with E-state index in [1.165, 1.54) is 0 Å². The van der Waals surface area contributed by atoms with Gasteiger partial charge in [-0.05, 0) is 58.7 Å². The highest BCUT2D eigenvalue weighted by Gasteiger charge is 2.25. The molecule has 0 aromatic heterocycles. The minimum atomic E-state index is -1.21. The maximum absolute atomic E-state index is 12.6. The third-order valence-electron chi connectivity index (χ3n) is 3.88. The molecule has 0 radical (unpaired) electrons. The van der Waals surface area contributed by atoms with Gasteiger partial charge in [0.1, 0.15) is 0 Å². The molecule has 26 heavy (non-hydrogen) atoms. The van der Waals surface area contributed by atoms with E-state index in [9.17, 15) is 9.00 Å². The Balaban J connectivity index is 2.98. The van der Waals surface area contributed by atoms with Gasteiger partial charge in [0.25, 0.3) is 0 Å². The molecular formula is C20H35NO3SSi. The van der Waals surface area contributed by atoms with E-state index in [1.54, 1.807) is 12.1 Å². The van der Waals surface area contributed by atoms with Crippen molar-refractivity contribution in [3.05, 3.63) is 35.4 Å². The second kappa shape index (κ2) is 9.29. The van der Waals surface area contributed by atoms with Gasteiger partial charge in [-0.2, -0.15) is 0 Å². The van der Waals surface area contributed by atoms with Gasteiger partial charge in [-0.15, -0.1) is 0 Å². The van der Waals surface area contributed by atoms with Crippen LogP contribution in [0.3, 0.4) is 0 Å². The Morgan fingerprint density at radius 3 is 2.12 bits per heavy atom. The number of rotatable bonds is 8. The van der Waals surface area contributed by atoms with E-state index in [-0.39, 0.29) is 22.9 Å². The van der Waals surface area contributed by atoms with Crippen LogP contribution in [0.5, 0.6) is 0 Å². The molecule has 4 nitrogen and oxygen atoms in total. The summed E-state index contributed by atoms with van der Waals surface area (Å²) in [6.07, 6.45) is 0.801. The van der Waals surface area contributed by atoms with Gasteiger partial charge in [0.2, 0.25) is 0 Å². The van der Waals surface area contributed by atoms with Crippen molar-refractivity contribution in [3.63, 3.8) is 0 Å². The van der Waals surface area contributed by atoms with Crippen molar-refractivity contribution in [2.45, 2.75) is 83.6 Å². The van der Waals surface area contributed by atoms with E-state index in [2.05, 4.69) is 24.4 Å². The summed E-state index contributed by atoms with van der Waals surface area (Å²) in [5.74, 6) is -0.309. The van der Waals surface area contributed by atoms with Crippen LogP contribution in [-0.2, 0) is 15.7 Å². The zero-order valence-electron chi connectivity index (χ0n) is 17.5. The summed E-state index contributed by atoms with van der Waals surface area (Å²) in [6, 6.07) is 8.63. The highest BCUT2D eigenvalue weighted by Crippen LogP contribution is 2.26. The Hall–Kier alpha value is -0.983. The van der Waals surface area contributed by atoms with Crippen LogP contribution in [-0.4, -0.2) is 29.1 Å². The van der Waals surface area contributed by atoms with E-state index in [0.717, 1.165) is 18.0 Å². The van der Waals surface area contributed by atoms with Gasteiger partial charge in [0.05, 0.1) is 27.4 Å². The average Bonchev–Trinajstić information content (AvgIpc) is 2.48. The molecule has 1 aromatic rings. The summed E-state index contributed by atoms with van der Waals surface area (Å²) < 4.78 is 20.8. The summed E-state index contributed by atoms with van der Waals surface area (Å²) in [5.41, 5.74) is 1.60. The second-order valence-corrected chi connectivity index (χ2v) is 16.8. The summed E-state index contributed by atoms with van der Waals surface area (Å²) in [4.78, 5) is 12.0.